The molecule has 1 heterocycles. The number of aryl methyl sites for hydroxylation is 2. The number of nitriles is 1. The largest absolute Gasteiger partial charge is 0.395 e. The molecule has 0 bridgehead atoms. The molecule has 0 saturated heterocycles. The average Bonchev–Trinajstić information content (AvgIpc) is 2.42. The summed E-state index contributed by atoms with van der Waals surface area (Å²) < 4.78 is 1.45. The van der Waals surface area contributed by atoms with Crippen molar-refractivity contribution in [3.8, 4) is 17.3 Å². The van der Waals surface area contributed by atoms with Crippen LogP contribution in [0.25, 0.3) is 11.3 Å². The van der Waals surface area contributed by atoms with Crippen LogP contribution in [-0.2, 0) is 6.54 Å². The molecule has 20 heavy (non-hydrogen) atoms. The molecule has 2 rings (SSSR count). The number of aliphatic hydroxyl groups is 1. The Labute approximate surface area is 117 Å². The standard InChI is InChI=1S/C16H16N2O2/c1-11-3-5-14(12(2)9-11)15-6-4-13(10-17)16(20)18(15)7-8-19/h3-6,9,19H,7-8H2,1-2H3. The van der Waals surface area contributed by atoms with Crippen LogP contribution < -0.4 is 5.56 Å². The molecule has 0 aliphatic rings. The van der Waals surface area contributed by atoms with Crippen LogP contribution >= 0.6 is 0 Å². The molecule has 4 nitrogen and oxygen atoms in total. The molecule has 0 aliphatic carbocycles. The summed E-state index contributed by atoms with van der Waals surface area (Å²) in [6.45, 7) is 4.02. The van der Waals surface area contributed by atoms with Gasteiger partial charge in [0.2, 0.25) is 0 Å². The lowest BCUT2D eigenvalue weighted by Crippen LogP contribution is -2.25. The van der Waals surface area contributed by atoms with E-state index in [1.165, 1.54) is 10.6 Å². The van der Waals surface area contributed by atoms with Crippen LogP contribution in [0.4, 0.5) is 0 Å². The van der Waals surface area contributed by atoms with E-state index in [0.717, 1.165) is 22.4 Å². The second-order valence-corrected chi connectivity index (χ2v) is 4.74. The van der Waals surface area contributed by atoms with Gasteiger partial charge in [-0.05, 0) is 31.5 Å². The first-order valence-corrected chi connectivity index (χ1v) is 6.41. The van der Waals surface area contributed by atoms with Crippen molar-refractivity contribution in [2.45, 2.75) is 20.4 Å². The lowest BCUT2D eigenvalue weighted by atomic mass is 10.0. The molecule has 0 aliphatic heterocycles. The molecule has 0 atom stereocenters. The molecule has 1 N–H and O–H groups in total. The SMILES string of the molecule is Cc1ccc(-c2ccc(C#N)c(=O)n2CCO)c(C)c1. The van der Waals surface area contributed by atoms with E-state index in [-0.39, 0.29) is 24.3 Å². The number of hydrogen-bond acceptors (Lipinski definition) is 3. The Balaban J connectivity index is 2.71. The Morgan fingerprint density at radius 1 is 1.25 bits per heavy atom. The zero-order valence-electron chi connectivity index (χ0n) is 11.6. The highest BCUT2D eigenvalue weighted by molar-refractivity contribution is 5.65. The maximum Gasteiger partial charge on any atom is 0.269 e. The topological polar surface area (TPSA) is 66.0 Å². The Kier molecular flexibility index (Phi) is 4.02. The number of aliphatic hydroxyl groups excluding tert-OH is 1. The summed E-state index contributed by atoms with van der Waals surface area (Å²) in [4.78, 5) is 12.2. The highest BCUT2D eigenvalue weighted by atomic mass is 16.3. The first kappa shape index (κ1) is 14.0. The van der Waals surface area contributed by atoms with Gasteiger partial charge in [-0.15, -0.1) is 0 Å². The lowest BCUT2D eigenvalue weighted by molar-refractivity contribution is 0.275. The minimum atomic E-state index is -0.362. The maximum absolute atomic E-state index is 12.2. The van der Waals surface area contributed by atoms with Crippen LogP contribution in [0, 0.1) is 25.2 Å². The van der Waals surface area contributed by atoms with Gasteiger partial charge in [0.25, 0.3) is 5.56 Å². The number of benzene rings is 1. The highest BCUT2D eigenvalue weighted by Crippen LogP contribution is 2.23. The van der Waals surface area contributed by atoms with Crippen molar-refractivity contribution >= 4 is 0 Å². The summed E-state index contributed by atoms with van der Waals surface area (Å²) >= 11 is 0. The molecule has 1 aromatic carbocycles. The fourth-order valence-electron chi connectivity index (χ4n) is 2.32. The van der Waals surface area contributed by atoms with E-state index in [9.17, 15) is 4.79 Å². The van der Waals surface area contributed by atoms with E-state index >= 15 is 0 Å². The Bertz CT molecular complexity index is 739. The zero-order valence-corrected chi connectivity index (χ0v) is 11.6. The number of nitrogens with zero attached hydrogens (tertiary/aromatic N) is 2. The third-order valence-electron chi connectivity index (χ3n) is 3.28. The summed E-state index contributed by atoms with van der Waals surface area (Å²) in [5, 5.41) is 18.1. The maximum atomic E-state index is 12.2. The zero-order chi connectivity index (χ0) is 14.7. The predicted octanol–water partition coefficient (Wildman–Crippen LogP) is 2.00. The molecule has 0 unspecified atom stereocenters. The molecule has 0 saturated carbocycles. The fraction of sp³-hybridized carbons (Fsp3) is 0.250. The number of pyridine rings is 1. The average molecular weight is 268 g/mol. The van der Waals surface area contributed by atoms with Crippen molar-refractivity contribution in [3.05, 3.63) is 57.4 Å². The van der Waals surface area contributed by atoms with Crippen LogP contribution in [0.1, 0.15) is 16.7 Å². The van der Waals surface area contributed by atoms with Crippen molar-refractivity contribution < 1.29 is 5.11 Å². The molecule has 2 aromatic rings. The number of rotatable bonds is 3. The molecular weight excluding hydrogens is 252 g/mol. The molecule has 0 radical (unpaired) electrons. The first-order chi connectivity index (χ1) is 9.58. The first-order valence-electron chi connectivity index (χ1n) is 6.41. The van der Waals surface area contributed by atoms with Gasteiger partial charge < -0.3 is 9.67 Å². The van der Waals surface area contributed by atoms with Gasteiger partial charge in [0.05, 0.1) is 12.3 Å². The van der Waals surface area contributed by atoms with Crippen molar-refractivity contribution in [2.24, 2.45) is 0 Å². The van der Waals surface area contributed by atoms with Gasteiger partial charge in [0, 0.05) is 12.1 Å². The van der Waals surface area contributed by atoms with E-state index in [2.05, 4.69) is 0 Å². The molecule has 0 amide bonds. The van der Waals surface area contributed by atoms with Crippen molar-refractivity contribution in [2.75, 3.05) is 6.61 Å². The quantitative estimate of drug-likeness (QED) is 0.925. The summed E-state index contributed by atoms with van der Waals surface area (Å²) in [5.41, 5.74) is 3.59. The second kappa shape index (κ2) is 5.72. The lowest BCUT2D eigenvalue weighted by Gasteiger charge is -2.14. The van der Waals surface area contributed by atoms with Crippen LogP contribution in [0.5, 0.6) is 0 Å². The smallest absolute Gasteiger partial charge is 0.269 e. The van der Waals surface area contributed by atoms with Gasteiger partial charge in [0.1, 0.15) is 11.6 Å². The predicted molar refractivity (Wildman–Crippen MR) is 77.4 cm³/mol. The Morgan fingerprint density at radius 3 is 2.60 bits per heavy atom. The summed E-state index contributed by atoms with van der Waals surface area (Å²) in [5.74, 6) is 0. The van der Waals surface area contributed by atoms with Crippen molar-refractivity contribution in [1.29, 1.82) is 5.26 Å². The molecular formula is C16H16N2O2. The molecule has 1 aromatic heterocycles. The van der Waals surface area contributed by atoms with Crippen LogP contribution in [0.2, 0.25) is 0 Å². The molecule has 102 valence electrons. The minimum Gasteiger partial charge on any atom is -0.395 e. The highest BCUT2D eigenvalue weighted by Gasteiger charge is 2.11. The van der Waals surface area contributed by atoms with Gasteiger partial charge in [-0.3, -0.25) is 4.79 Å². The van der Waals surface area contributed by atoms with Gasteiger partial charge in [-0.25, -0.2) is 0 Å². The molecule has 4 heteroatoms. The van der Waals surface area contributed by atoms with E-state index in [4.69, 9.17) is 10.4 Å². The van der Waals surface area contributed by atoms with Gasteiger partial charge in [-0.1, -0.05) is 23.8 Å². The minimum absolute atomic E-state index is 0.0898. The molecule has 0 spiro atoms. The number of aromatic nitrogens is 1. The van der Waals surface area contributed by atoms with Crippen molar-refractivity contribution in [3.63, 3.8) is 0 Å². The van der Waals surface area contributed by atoms with E-state index < -0.39 is 0 Å². The third-order valence-corrected chi connectivity index (χ3v) is 3.28. The van der Waals surface area contributed by atoms with E-state index in [1.54, 1.807) is 6.07 Å². The van der Waals surface area contributed by atoms with Gasteiger partial charge in [-0.2, -0.15) is 5.26 Å². The second-order valence-electron chi connectivity index (χ2n) is 4.74. The summed E-state index contributed by atoms with van der Waals surface area (Å²) in [6.07, 6.45) is 0. The monoisotopic (exact) mass is 268 g/mol. The Hall–Kier alpha value is -2.38. The normalized spacial score (nSPS) is 10.3. The van der Waals surface area contributed by atoms with Gasteiger partial charge in [0.15, 0.2) is 0 Å². The van der Waals surface area contributed by atoms with Crippen molar-refractivity contribution in [1.82, 2.24) is 4.57 Å². The van der Waals surface area contributed by atoms with Crippen LogP contribution in [0.3, 0.4) is 0 Å². The van der Waals surface area contributed by atoms with Crippen LogP contribution in [0.15, 0.2) is 35.1 Å². The molecule has 0 fully saturated rings. The summed E-state index contributed by atoms with van der Waals surface area (Å²) in [6, 6.07) is 11.2. The summed E-state index contributed by atoms with van der Waals surface area (Å²) in [7, 11) is 0. The van der Waals surface area contributed by atoms with E-state index in [0.29, 0.717) is 0 Å². The number of hydrogen-bond donors (Lipinski definition) is 1. The van der Waals surface area contributed by atoms with Gasteiger partial charge >= 0.3 is 0 Å². The third kappa shape index (κ3) is 2.49. The van der Waals surface area contributed by atoms with Crippen LogP contribution in [-0.4, -0.2) is 16.3 Å². The van der Waals surface area contributed by atoms with E-state index in [1.807, 2.05) is 38.1 Å². The fourth-order valence-corrected chi connectivity index (χ4v) is 2.32. The Morgan fingerprint density at radius 2 is 2.00 bits per heavy atom.